The Kier molecular flexibility index (Phi) is 6.70. The van der Waals surface area contributed by atoms with Crippen molar-refractivity contribution in [2.45, 2.75) is 76.2 Å². The first-order valence-electron chi connectivity index (χ1n) is 11.1. The van der Waals surface area contributed by atoms with E-state index in [1.54, 1.807) is 4.57 Å². The second kappa shape index (κ2) is 9.16. The third kappa shape index (κ3) is 4.81. The van der Waals surface area contributed by atoms with Crippen molar-refractivity contribution < 1.29 is 17.9 Å². The highest BCUT2D eigenvalue weighted by atomic mass is 35.5. The fraction of sp³-hybridized carbons (Fsp3) is 0.682. The van der Waals surface area contributed by atoms with Gasteiger partial charge in [-0.3, -0.25) is 4.57 Å². The van der Waals surface area contributed by atoms with E-state index in [4.69, 9.17) is 16.3 Å². The van der Waals surface area contributed by atoms with E-state index < -0.39 is 11.7 Å². The topological polar surface area (TPSA) is 50.3 Å². The predicted octanol–water partition coefficient (Wildman–Crippen LogP) is 5.38. The van der Waals surface area contributed by atoms with Gasteiger partial charge in [0.1, 0.15) is 0 Å². The Hall–Kier alpha value is -1.51. The van der Waals surface area contributed by atoms with Crippen LogP contribution in [0.5, 0.6) is 0 Å². The maximum absolute atomic E-state index is 13.1. The van der Waals surface area contributed by atoms with Crippen molar-refractivity contribution >= 4 is 22.6 Å². The van der Waals surface area contributed by atoms with Gasteiger partial charge in [-0.25, -0.2) is 4.79 Å². The number of hydrogen-bond donors (Lipinski definition) is 1. The van der Waals surface area contributed by atoms with Gasteiger partial charge in [0.2, 0.25) is 0 Å². The summed E-state index contributed by atoms with van der Waals surface area (Å²) < 4.78 is 46.9. The summed E-state index contributed by atoms with van der Waals surface area (Å²) in [4.78, 5) is 17.7. The van der Waals surface area contributed by atoms with Crippen molar-refractivity contribution in [2.24, 2.45) is 0 Å². The Labute approximate surface area is 184 Å². The second-order valence-corrected chi connectivity index (χ2v) is 9.12. The molecule has 4 rings (SSSR count). The largest absolute Gasteiger partial charge is 0.417 e. The second-order valence-electron chi connectivity index (χ2n) is 8.72. The van der Waals surface area contributed by atoms with Gasteiger partial charge >= 0.3 is 11.9 Å². The molecule has 1 aliphatic heterocycles. The van der Waals surface area contributed by atoms with E-state index in [1.807, 2.05) is 0 Å². The van der Waals surface area contributed by atoms with E-state index >= 15 is 0 Å². The minimum atomic E-state index is -4.56. The number of likely N-dealkylation sites (tertiary alicyclic amines) is 1. The van der Waals surface area contributed by atoms with Crippen LogP contribution in [0, 0.1) is 0 Å². The molecule has 0 amide bonds. The van der Waals surface area contributed by atoms with Crippen LogP contribution in [0.3, 0.4) is 0 Å². The summed E-state index contributed by atoms with van der Waals surface area (Å²) in [5, 5.41) is -0.382. The van der Waals surface area contributed by atoms with Gasteiger partial charge in [-0.05, 0) is 57.1 Å². The van der Waals surface area contributed by atoms with Gasteiger partial charge in [0.05, 0.1) is 27.7 Å². The molecule has 1 aromatic carbocycles. The number of fused-ring (bicyclic) bond motifs is 1. The quantitative estimate of drug-likeness (QED) is 0.653. The zero-order chi connectivity index (χ0) is 22.2. The highest BCUT2D eigenvalue weighted by Gasteiger charge is 2.35. The number of nitrogens with one attached hydrogen (secondary N) is 1. The molecule has 1 aromatic heterocycles. The SMILES string of the molecule is CCCOC1CCC(N2CCC(n3c(=O)[nH]c4cc(C(F)(F)F)c(Cl)cc43)CC2)CC1. The standard InChI is InChI=1S/C22H29ClF3N3O2/c1-2-11-31-16-5-3-14(4-6-16)28-9-7-15(8-10-28)29-20-13-18(23)17(22(24,25)26)12-19(20)27-21(29)30/h12-16H,2-11H2,1H3,(H,27,30). The summed E-state index contributed by atoms with van der Waals surface area (Å²) in [6, 6.07) is 2.70. The third-order valence-corrected chi connectivity index (χ3v) is 7.01. The lowest BCUT2D eigenvalue weighted by atomic mass is 9.90. The average Bonchev–Trinajstić information content (AvgIpc) is 3.06. The Morgan fingerprint density at radius 3 is 2.39 bits per heavy atom. The zero-order valence-electron chi connectivity index (χ0n) is 17.7. The van der Waals surface area contributed by atoms with Crippen LogP contribution in [0.4, 0.5) is 13.2 Å². The van der Waals surface area contributed by atoms with Gasteiger partial charge in [-0.1, -0.05) is 18.5 Å². The van der Waals surface area contributed by atoms with Crippen LogP contribution in [0.15, 0.2) is 16.9 Å². The molecule has 0 radical (unpaired) electrons. The molecule has 0 atom stereocenters. The number of hydrogen-bond acceptors (Lipinski definition) is 3. The summed E-state index contributed by atoms with van der Waals surface area (Å²) in [7, 11) is 0. The van der Waals surface area contributed by atoms with E-state index in [0.717, 1.165) is 70.7 Å². The molecular weight excluding hydrogens is 431 g/mol. The number of nitrogens with zero attached hydrogens (tertiary/aromatic N) is 2. The summed E-state index contributed by atoms with van der Waals surface area (Å²) in [6.45, 7) is 4.71. The normalized spacial score (nSPS) is 24.2. The van der Waals surface area contributed by atoms with Gasteiger partial charge in [-0.15, -0.1) is 0 Å². The smallest absolute Gasteiger partial charge is 0.378 e. The Morgan fingerprint density at radius 2 is 1.77 bits per heavy atom. The molecule has 0 unspecified atom stereocenters. The van der Waals surface area contributed by atoms with Crippen LogP contribution in [-0.4, -0.2) is 46.3 Å². The molecule has 1 N–H and O–H groups in total. The van der Waals surface area contributed by atoms with Gasteiger partial charge < -0.3 is 14.6 Å². The van der Waals surface area contributed by atoms with Crippen molar-refractivity contribution in [3.8, 4) is 0 Å². The van der Waals surface area contributed by atoms with E-state index in [2.05, 4.69) is 16.8 Å². The third-order valence-electron chi connectivity index (χ3n) is 6.69. The first kappa shape index (κ1) is 22.7. The number of imidazole rings is 1. The fourth-order valence-corrected chi connectivity index (χ4v) is 5.36. The van der Waals surface area contributed by atoms with Crippen molar-refractivity contribution in [3.05, 3.63) is 33.2 Å². The monoisotopic (exact) mass is 459 g/mol. The number of aromatic amines is 1. The van der Waals surface area contributed by atoms with Gasteiger partial charge in [0, 0.05) is 31.8 Å². The van der Waals surface area contributed by atoms with E-state index in [-0.39, 0.29) is 22.3 Å². The number of rotatable bonds is 5. The molecule has 0 spiro atoms. The van der Waals surface area contributed by atoms with E-state index in [1.165, 1.54) is 6.07 Å². The molecule has 2 aromatic rings. The summed E-state index contributed by atoms with van der Waals surface area (Å²) in [5.41, 5.74) is -0.689. The molecular formula is C22H29ClF3N3O2. The fourth-order valence-electron chi connectivity index (χ4n) is 5.10. The molecule has 0 bridgehead atoms. The van der Waals surface area contributed by atoms with E-state index in [9.17, 15) is 18.0 Å². The number of piperidine rings is 1. The predicted molar refractivity (Wildman–Crippen MR) is 115 cm³/mol. The summed E-state index contributed by atoms with van der Waals surface area (Å²) in [6.07, 6.45) is 2.88. The molecule has 9 heteroatoms. The van der Waals surface area contributed by atoms with Crippen LogP contribution in [0.1, 0.15) is 63.5 Å². The molecule has 5 nitrogen and oxygen atoms in total. The van der Waals surface area contributed by atoms with Gasteiger partial charge in [0.15, 0.2) is 0 Å². The van der Waals surface area contributed by atoms with Crippen molar-refractivity contribution in [1.82, 2.24) is 14.5 Å². The molecule has 1 aliphatic carbocycles. The lowest BCUT2D eigenvalue weighted by Gasteiger charge is -2.41. The van der Waals surface area contributed by atoms with Crippen LogP contribution >= 0.6 is 11.6 Å². The molecule has 1 saturated carbocycles. The molecule has 31 heavy (non-hydrogen) atoms. The minimum absolute atomic E-state index is 0.0467. The van der Waals surface area contributed by atoms with Crippen LogP contribution < -0.4 is 5.69 Å². The van der Waals surface area contributed by atoms with Crippen LogP contribution in [0.2, 0.25) is 5.02 Å². The highest BCUT2D eigenvalue weighted by Crippen LogP contribution is 2.38. The first-order chi connectivity index (χ1) is 14.8. The summed E-state index contributed by atoms with van der Waals surface area (Å²) in [5.74, 6) is 0. The Morgan fingerprint density at radius 1 is 1.10 bits per heavy atom. The molecule has 2 aliphatic rings. The maximum Gasteiger partial charge on any atom is 0.417 e. The molecule has 172 valence electrons. The number of ether oxygens (including phenoxy) is 1. The van der Waals surface area contributed by atoms with Crippen molar-refractivity contribution in [2.75, 3.05) is 19.7 Å². The molecule has 2 heterocycles. The lowest BCUT2D eigenvalue weighted by molar-refractivity contribution is -0.137. The number of halogens is 4. The summed E-state index contributed by atoms with van der Waals surface area (Å²) >= 11 is 5.91. The molecule has 1 saturated heterocycles. The van der Waals surface area contributed by atoms with E-state index in [0.29, 0.717) is 17.7 Å². The maximum atomic E-state index is 13.1. The van der Waals surface area contributed by atoms with Gasteiger partial charge in [0.25, 0.3) is 0 Å². The zero-order valence-corrected chi connectivity index (χ0v) is 18.4. The average molecular weight is 460 g/mol. The number of aromatic nitrogens is 2. The lowest BCUT2D eigenvalue weighted by Crippen LogP contribution is -2.45. The van der Waals surface area contributed by atoms with Gasteiger partial charge in [-0.2, -0.15) is 13.2 Å². The number of benzene rings is 1. The Bertz CT molecular complexity index is 955. The van der Waals surface area contributed by atoms with Crippen molar-refractivity contribution in [1.29, 1.82) is 0 Å². The number of H-pyrrole nitrogens is 1. The Balaban J connectivity index is 1.43. The van der Waals surface area contributed by atoms with Crippen LogP contribution in [-0.2, 0) is 10.9 Å². The highest BCUT2D eigenvalue weighted by molar-refractivity contribution is 6.32. The van der Waals surface area contributed by atoms with Crippen LogP contribution in [0.25, 0.3) is 11.0 Å². The number of alkyl halides is 3. The minimum Gasteiger partial charge on any atom is -0.378 e. The first-order valence-corrected chi connectivity index (χ1v) is 11.5. The molecule has 2 fully saturated rings. The van der Waals surface area contributed by atoms with Crippen molar-refractivity contribution in [3.63, 3.8) is 0 Å².